The minimum Gasteiger partial charge on any atom is -0.444 e. The van der Waals surface area contributed by atoms with E-state index in [2.05, 4.69) is 10.6 Å². The van der Waals surface area contributed by atoms with Crippen LogP contribution in [-0.4, -0.2) is 41.9 Å². The Labute approximate surface area is 180 Å². The SMILES string of the molecule is CC(=O)c1ccc(C(=O)N2CC(NC(=O)OC(C)(C)C)C(=O)Nc3ccccc32)cc1. The van der Waals surface area contributed by atoms with Gasteiger partial charge >= 0.3 is 6.09 Å². The number of nitrogens with one attached hydrogen (secondary N) is 2. The Morgan fingerprint density at radius 3 is 2.26 bits per heavy atom. The highest BCUT2D eigenvalue weighted by Crippen LogP contribution is 2.30. The van der Waals surface area contributed by atoms with E-state index in [4.69, 9.17) is 4.74 Å². The van der Waals surface area contributed by atoms with E-state index in [-0.39, 0.29) is 18.2 Å². The predicted molar refractivity (Wildman–Crippen MR) is 116 cm³/mol. The predicted octanol–water partition coefficient (Wildman–Crippen LogP) is 3.38. The number of benzene rings is 2. The number of ether oxygens (including phenoxy) is 1. The zero-order chi connectivity index (χ0) is 22.8. The maximum absolute atomic E-state index is 13.3. The fourth-order valence-electron chi connectivity index (χ4n) is 3.16. The molecule has 1 aliphatic heterocycles. The van der Waals surface area contributed by atoms with Crippen molar-refractivity contribution in [3.05, 3.63) is 59.7 Å². The highest BCUT2D eigenvalue weighted by Gasteiger charge is 2.33. The molecular weight excluding hydrogens is 398 g/mol. The molecule has 31 heavy (non-hydrogen) atoms. The topological polar surface area (TPSA) is 105 Å². The number of fused-ring (bicyclic) bond motifs is 1. The molecule has 1 heterocycles. The van der Waals surface area contributed by atoms with Crippen LogP contribution in [0.4, 0.5) is 16.2 Å². The molecule has 0 radical (unpaired) electrons. The van der Waals surface area contributed by atoms with Crippen molar-refractivity contribution in [1.29, 1.82) is 0 Å². The first-order valence-electron chi connectivity index (χ1n) is 9.87. The smallest absolute Gasteiger partial charge is 0.408 e. The van der Waals surface area contributed by atoms with E-state index in [0.717, 1.165) is 0 Å². The molecule has 0 aliphatic carbocycles. The van der Waals surface area contributed by atoms with Crippen LogP contribution < -0.4 is 15.5 Å². The Bertz CT molecular complexity index is 1020. The first-order valence-corrected chi connectivity index (χ1v) is 9.87. The largest absolute Gasteiger partial charge is 0.444 e. The van der Waals surface area contributed by atoms with Gasteiger partial charge in [0.25, 0.3) is 5.91 Å². The Morgan fingerprint density at radius 1 is 1.03 bits per heavy atom. The number of hydrogen-bond donors (Lipinski definition) is 2. The fraction of sp³-hybridized carbons (Fsp3) is 0.304. The number of carbonyl (C=O) groups excluding carboxylic acids is 4. The number of carbonyl (C=O) groups is 4. The van der Waals surface area contributed by atoms with Crippen LogP contribution >= 0.6 is 0 Å². The van der Waals surface area contributed by atoms with Gasteiger partial charge < -0.3 is 20.3 Å². The monoisotopic (exact) mass is 423 g/mol. The highest BCUT2D eigenvalue weighted by atomic mass is 16.6. The van der Waals surface area contributed by atoms with Gasteiger partial charge in [-0.05, 0) is 52.0 Å². The molecule has 0 fully saturated rings. The lowest BCUT2D eigenvalue weighted by atomic mass is 10.1. The summed E-state index contributed by atoms with van der Waals surface area (Å²) in [6.07, 6.45) is -0.753. The van der Waals surface area contributed by atoms with Gasteiger partial charge in [-0.25, -0.2) is 4.79 Å². The van der Waals surface area contributed by atoms with Crippen molar-refractivity contribution in [2.45, 2.75) is 39.3 Å². The molecule has 8 nitrogen and oxygen atoms in total. The number of hydrogen-bond acceptors (Lipinski definition) is 5. The summed E-state index contributed by atoms with van der Waals surface area (Å²) in [4.78, 5) is 51.3. The molecule has 162 valence electrons. The Hall–Kier alpha value is -3.68. The van der Waals surface area contributed by atoms with Gasteiger partial charge in [0.2, 0.25) is 5.91 Å². The van der Waals surface area contributed by atoms with Crippen LogP contribution in [0.5, 0.6) is 0 Å². The third kappa shape index (κ3) is 5.28. The Morgan fingerprint density at radius 2 is 1.65 bits per heavy atom. The second-order valence-electron chi connectivity index (χ2n) is 8.25. The number of alkyl carbamates (subject to hydrolysis) is 1. The molecule has 3 rings (SSSR count). The molecule has 1 unspecified atom stereocenters. The second kappa shape index (κ2) is 8.59. The zero-order valence-corrected chi connectivity index (χ0v) is 17.9. The van der Waals surface area contributed by atoms with Gasteiger partial charge in [0, 0.05) is 11.1 Å². The third-order valence-electron chi connectivity index (χ3n) is 4.61. The van der Waals surface area contributed by atoms with E-state index in [9.17, 15) is 19.2 Å². The number of para-hydroxylation sites is 2. The average molecular weight is 423 g/mol. The van der Waals surface area contributed by atoms with Crippen molar-refractivity contribution in [1.82, 2.24) is 5.32 Å². The lowest BCUT2D eigenvalue weighted by Crippen LogP contribution is -2.51. The van der Waals surface area contributed by atoms with Crippen molar-refractivity contribution in [3.63, 3.8) is 0 Å². The molecule has 0 spiro atoms. The normalized spacial score (nSPS) is 15.9. The maximum Gasteiger partial charge on any atom is 0.408 e. The molecule has 0 saturated carbocycles. The summed E-state index contributed by atoms with van der Waals surface area (Å²) < 4.78 is 5.26. The molecule has 0 saturated heterocycles. The zero-order valence-electron chi connectivity index (χ0n) is 17.9. The van der Waals surface area contributed by atoms with Gasteiger partial charge in [-0.15, -0.1) is 0 Å². The van der Waals surface area contributed by atoms with Crippen LogP contribution in [0, 0.1) is 0 Å². The van der Waals surface area contributed by atoms with Gasteiger partial charge in [-0.3, -0.25) is 14.4 Å². The Kier molecular flexibility index (Phi) is 6.10. The van der Waals surface area contributed by atoms with Crippen LogP contribution in [0.25, 0.3) is 0 Å². The summed E-state index contributed by atoms with van der Waals surface area (Å²) in [5.74, 6) is -0.925. The van der Waals surface area contributed by atoms with E-state index in [1.165, 1.54) is 11.8 Å². The van der Waals surface area contributed by atoms with Gasteiger partial charge in [0.05, 0.1) is 17.9 Å². The van der Waals surface area contributed by atoms with E-state index < -0.39 is 23.6 Å². The second-order valence-corrected chi connectivity index (χ2v) is 8.25. The van der Waals surface area contributed by atoms with Crippen molar-refractivity contribution >= 4 is 35.1 Å². The summed E-state index contributed by atoms with van der Waals surface area (Å²) in [5.41, 5.74) is 1.07. The summed E-state index contributed by atoms with van der Waals surface area (Å²) >= 11 is 0. The summed E-state index contributed by atoms with van der Waals surface area (Å²) in [5, 5.41) is 5.30. The van der Waals surface area contributed by atoms with Crippen molar-refractivity contribution in [3.8, 4) is 0 Å². The maximum atomic E-state index is 13.3. The number of Topliss-reactive ketones (excluding diaryl/α,β-unsaturated/α-hetero) is 1. The van der Waals surface area contributed by atoms with Gasteiger partial charge in [-0.2, -0.15) is 0 Å². The fourth-order valence-corrected chi connectivity index (χ4v) is 3.16. The average Bonchev–Trinajstić information content (AvgIpc) is 2.82. The van der Waals surface area contributed by atoms with Crippen LogP contribution in [0.15, 0.2) is 48.5 Å². The van der Waals surface area contributed by atoms with Crippen LogP contribution in [-0.2, 0) is 9.53 Å². The molecule has 0 bridgehead atoms. The van der Waals surface area contributed by atoms with Crippen molar-refractivity contribution in [2.24, 2.45) is 0 Å². The first-order chi connectivity index (χ1) is 14.5. The summed E-state index contributed by atoms with van der Waals surface area (Å²) in [6.45, 7) is 6.52. The minimum atomic E-state index is -1.03. The van der Waals surface area contributed by atoms with Crippen LogP contribution in [0.3, 0.4) is 0 Å². The molecular formula is C23H25N3O5. The molecule has 0 aromatic heterocycles. The molecule has 3 amide bonds. The van der Waals surface area contributed by atoms with Gasteiger partial charge in [-0.1, -0.05) is 24.3 Å². The Balaban J connectivity index is 1.92. The summed E-state index contributed by atoms with van der Waals surface area (Å²) in [7, 11) is 0. The van der Waals surface area contributed by atoms with Gasteiger partial charge in [0.15, 0.2) is 5.78 Å². The first kappa shape index (κ1) is 22.0. The minimum absolute atomic E-state index is 0.0879. The van der Waals surface area contributed by atoms with E-state index in [1.807, 2.05) is 0 Å². The van der Waals surface area contributed by atoms with Crippen LogP contribution in [0.1, 0.15) is 48.4 Å². The lowest BCUT2D eigenvalue weighted by molar-refractivity contribution is -0.117. The molecule has 2 N–H and O–H groups in total. The van der Waals surface area contributed by atoms with E-state index in [1.54, 1.807) is 69.3 Å². The standard InChI is InChI=1S/C23H25N3O5/c1-14(27)15-9-11-16(12-10-15)21(29)26-13-18(25-22(30)31-23(2,3)4)20(28)24-17-7-5-6-8-19(17)26/h5-12,18H,13H2,1-4H3,(H,24,28)(H,25,30). The number of nitrogens with zero attached hydrogens (tertiary/aromatic N) is 1. The molecule has 1 aliphatic rings. The lowest BCUT2D eigenvalue weighted by Gasteiger charge is -2.26. The number of amides is 3. The molecule has 2 aromatic carbocycles. The van der Waals surface area contributed by atoms with Crippen molar-refractivity contribution in [2.75, 3.05) is 16.8 Å². The van der Waals surface area contributed by atoms with E-state index >= 15 is 0 Å². The van der Waals surface area contributed by atoms with Crippen LogP contribution in [0.2, 0.25) is 0 Å². The number of rotatable bonds is 3. The summed E-state index contributed by atoms with van der Waals surface area (Å²) in [6, 6.07) is 12.2. The number of ketones is 1. The van der Waals surface area contributed by atoms with Gasteiger partial charge in [0.1, 0.15) is 11.6 Å². The van der Waals surface area contributed by atoms with E-state index in [0.29, 0.717) is 22.5 Å². The molecule has 2 aromatic rings. The molecule has 8 heteroatoms. The third-order valence-corrected chi connectivity index (χ3v) is 4.61. The van der Waals surface area contributed by atoms with Crippen molar-refractivity contribution < 1.29 is 23.9 Å². The quantitative estimate of drug-likeness (QED) is 0.737. The number of anilines is 2. The molecule has 1 atom stereocenters. The highest BCUT2D eigenvalue weighted by molar-refractivity contribution is 6.12.